The molecule has 34 heavy (non-hydrogen) atoms. The van der Waals surface area contributed by atoms with Gasteiger partial charge >= 0.3 is 0 Å². The molecule has 0 bridgehead atoms. The Morgan fingerprint density at radius 3 is 2.79 bits per heavy atom. The summed E-state index contributed by atoms with van der Waals surface area (Å²) in [5, 5.41) is 2.60. The van der Waals surface area contributed by atoms with Gasteiger partial charge in [-0.05, 0) is 66.8 Å². The number of halogens is 1. The fourth-order valence-corrected chi connectivity index (χ4v) is 6.44. The molecule has 0 unspecified atom stereocenters. The third-order valence-corrected chi connectivity index (χ3v) is 8.56. The predicted molar refractivity (Wildman–Crippen MR) is 138 cm³/mol. The Labute approximate surface area is 211 Å². The fraction of sp³-hybridized carbons (Fsp3) is 0.464. The SMILES string of the molecule is C=C1CCC[C@H](N2Cc3c(csc3CCC(=O)Cc3cc(Cl)c(C)c(C(C)C)c3)C2=O)C(=O)C1. The van der Waals surface area contributed by atoms with Crippen molar-refractivity contribution in [3.8, 4) is 0 Å². The van der Waals surface area contributed by atoms with Gasteiger partial charge in [-0.25, -0.2) is 0 Å². The van der Waals surface area contributed by atoms with E-state index in [2.05, 4.69) is 26.5 Å². The molecule has 1 amide bonds. The van der Waals surface area contributed by atoms with Gasteiger partial charge in [0.25, 0.3) is 5.91 Å². The van der Waals surface area contributed by atoms with Crippen LogP contribution in [0.1, 0.15) is 89.4 Å². The number of amides is 1. The van der Waals surface area contributed by atoms with Crippen molar-refractivity contribution in [3.05, 3.63) is 67.4 Å². The molecule has 1 aliphatic heterocycles. The Hall–Kier alpha value is -2.24. The largest absolute Gasteiger partial charge is 0.324 e. The van der Waals surface area contributed by atoms with E-state index >= 15 is 0 Å². The number of hydrogen-bond acceptors (Lipinski definition) is 4. The molecule has 0 spiro atoms. The van der Waals surface area contributed by atoms with Crippen molar-refractivity contribution in [2.24, 2.45) is 0 Å². The lowest BCUT2D eigenvalue weighted by Crippen LogP contribution is -2.40. The molecule has 4 nitrogen and oxygen atoms in total. The summed E-state index contributed by atoms with van der Waals surface area (Å²) in [6.07, 6.45) is 4.20. The number of thiophene rings is 1. The summed E-state index contributed by atoms with van der Waals surface area (Å²) in [5.41, 5.74) is 5.88. The molecule has 6 heteroatoms. The molecule has 0 saturated heterocycles. The molecule has 4 rings (SSSR count). The van der Waals surface area contributed by atoms with E-state index in [1.165, 1.54) is 5.56 Å². The van der Waals surface area contributed by atoms with Crippen LogP contribution in [-0.4, -0.2) is 28.4 Å². The van der Waals surface area contributed by atoms with Crippen molar-refractivity contribution in [3.63, 3.8) is 0 Å². The van der Waals surface area contributed by atoms with Crippen molar-refractivity contribution < 1.29 is 14.4 Å². The standard InChI is InChI=1S/C28H32ClNO3S/c1-16(2)21-12-19(13-24(29)18(21)4)11-20(31)8-9-27-22-14-30(28(33)23(22)15-34-27)25-7-5-6-17(3)10-26(25)32/h12-13,15-16,25H,3,5-11,14H2,1-2,4H3/t25-/m0/s1. The van der Waals surface area contributed by atoms with Crippen LogP contribution in [0.2, 0.25) is 5.02 Å². The van der Waals surface area contributed by atoms with Crippen LogP contribution >= 0.6 is 22.9 Å². The first-order valence-corrected chi connectivity index (χ1v) is 13.3. The summed E-state index contributed by atoms with van der Waals surface area (Å²) < 4.78 is 0. The number of aryl methyl sites for hydroxylation is 1. The van der Waals surface area contributed by atoms with Crippen LogP contribution < -0.4 is 0 Å². The van der Waals surface area contributed by atoms with E-state index in [0.29, 0.717) is 55.2 Å². The molecule has 1 fully saturated rings. The highest BCUT2D eigenvalue weighted by Gasteiger charge is 2.38. The first-order valence-electron chi connectivity index (χ1n) is 12.1. The molecule has 1 aliphatic carbocycles. The molecule has 2 aromatic rings. The average molecular weight is 498 g/mol. The van der Waals surface area contributed by atoms with Gasteiger partial charge in [0.2, 0.25) is 0 Å². The quantitative estimate of drug-likeness (QED) is 0.320. The molecule has 2 heterocycles. The maximum atomic E-state index is 13.1. The summed E-state index contributed by atoms with van der Waals surface area (Å²) in [6.45, 7) is 10.7. The molecule has 1 aromatic carbocycles. The van der Waals surface area contributed by atoms with Gasteiger partial charge in [0, 0.05) is 41.1 Å². The van der Waals surface area contributed by atoms with Crippen LogP contribution in [0.5, 0.6) is 0 Å². The van der Waals surface area contributed by atoms with E-state index in [4.69, 9.17) is 11.6 Å². The molecule has 1 atom stereocenters. The monoisotopic (exact) mass is 497 g/mol. The summed E-state index contributed by atoms with van der Waals surface area (Å²) in [5.74, 6) is 0.555. The molecule has 1 aromatic heterocycles. The summed E-state index contributed by atoms with van der Waals surface area (Å²) in [4.78, 5) is 41.4. The number of hydrogen-bond donors (Lipinski definition) is 0. The normalized spacial score (nSPS) is 18.6. The Bertz CT molecular complexity index is 1160. The van der Waals surface area contributed by atoms with Crippen molar-refractivity contribution in [1.29, 1.82) is 0 Å². The molecular formula is C28H32ClNO3S. The fourth-order valence-electron chi connectivity index (χ4n) is 5.15. The Kier molecular flexibility index (Phi) is 7.44. The van der Waals surface area contributed by atoms with Gasteiger partial charge < -0.3 is 4.90 Å². The second-order valence-corrected chi connectivity index (χ2v) is 11.3. The van der Waals surface area contributed by atoms with Crippen LogP contribution in [0.4, 0.5) is 0 Å². The van der Waals surface area contributed by atoms with Crippen molar-refractivity contribution >= 4 is 40.4 Å². The molecule has 0 radical (unpaired) electrons. The van der Waals surface area contributed by atoms with Crippen LogP contribution in [0.25, 0.3) is 0 Å². The second kappa shape index (κ2) is 10.2. The number of benzene rings is 1. The van der Waals surface area contributed by atoms with Gasteiger partial charge in [-0.1, -0.05) is 43.7 Å². The van der Waals surface area contributed by atoms with E-state index in [-0.39, 0.29) is 23.5 Å². The third-order valence-electron chi connectivity index (χ3n) is 7.08. The summed E-state index contributed by atoms with van der Waals surface area (Å²) >= 11 is 7.96. The smallest absolute Gasteiger partial charge is 0.255 e. The van der Waals surface area contributed by atoms with E-state index in [0.717, 1.165) is 40.0 Å². The highest BCUT2D eigenvalue weighted by molar-refractivity contribution is 7.10. The number of fused-ring (bicyclic) bond motifs is 1. The summed E-state index contributed by atoms with van der Waals surface area (Å²) in [6, 6.07) is 3.64. The van der Waals surface area contributed by atoms with Crippen LogP contribution in [0, 0.1) is 6.92 Å². The van der Waals surface area contributed by atoms with Crippen molar-refractivity contribution in [2.75, 3.05) is 0 Å². The molecule has 2 aliphatic rings. The number of nitrogens with zero attached hydrogens (tertiary/aromatic N) is 1. The molecule has 0 N–H and O–H groups in total. The number of allylic oxidation sites excluding steroid dienone is 1. The lowest BCUT2D eigenvalue weighted by molar-refractivity contribution is -0.123. The van der Waals surface area contributed by atoms with Gasteiger partial charge in [-0.15, -0.1) is 11.3 Å². The average Bonchev–Trinajstić information content (AvgIpc) is 3.26. The minimum absolute atomic E-state index is 0.0507. The van der Waals surface area contributed by atoms with Crippen LogP contribution in [-0.2, 0) is 29.0 Å². The van der Waals surface area contributed by atoms with Gasteiger partial charge in [0.15, 0.2) is 5.78 Å². The lowest BCUT2D eigenvalue weighted by Gasteiger charge is -2.25. The zero-order valence-electron chi connectivity index (χ0n) is 20.2. The Balaban J connectivity index is 1.41. The molecular weight excluding hydrogens is 466 g/mol. The number of Topliss-reactive ketones (excluding diaryl/α,β-unsaturated/α-hetero) is 2. The van der Waals surface area contributed by atoms with E-state index in [1.54, 1.807) is 16.2 Å². The number of carbonyl (C=O) groups is 3. The topological polar surface area (TPSA) is 54.5 Å². The summed E-state index contributed by atoms with van der Waals surface area (Å²) in [7, 11) is 0. The van der Waals surface area contributed by atoms with Gasteiger partial charge in [-0.2, -0.15) is 0 Å². The van der Waals surface area contributed by atoms with E-state index in [1.807, 2.05) is 18.4 Å². The van der Waals surface area contributed by atoms with Gasteiger partial charge in [0.1, 0.15) is 5.78 Å². The first-order chi connectivity index (χ1) is 16.2. The Morgan fingerprint density at radius 1 is 1.29 bits per heavy atom. The third kappa shape index (κ3) is 5.06. The first kappa shape index (κ1) is 24.9. The van der Waals surface area contributed by atoms with Crippen LogP contribution in [0.3, 0.4) is 0 Å². The lowest BCUT2D eigenvalue weighted by atomic mass is 9.93. The number of rotatable bonds is 7. The molecule has 1 saturated carbocycles. The van der Waals surface area contributed by atoms with E-state index < -0.39 is 0 Å². The predicted octanol–water partition coefficient (Wildman–Crippen LogP) is 6.60. The minimum atomic E-state index is -0.361. The minimum Gasteiger partial charge on any atom is -0.324 e. The van der Waals surface area contributed by atoms with Gasteiger partial charge in [0.05, 0.1) is 11.6 Å². The van der Waals surface area contributed by atoms with Crippen molar-refractivity contribution in [1.82, 2.24) is 4.90 Å². The van der Waals surface area contributed by atoms with Crippen LogP contribution in [0.15, 0.2) is 29.7 Å². The zero-order chi connectivity index (χ0) is 24.6. The number of ketones is 2. The zero-order valence-corrected chi connectivity index (χ0v) is 21.8. The van der Waals surface area contributed by atoms with E-state index in [9.17, 15) is 14.4 Å². The highest BCUT2D eigenvalue weighted by atomic mass is 35.5. The Morgan fingerprint density at radius 2 is 2.06 bits per heavy atom. The maximum Gasteiger partial charge on any atom is 0.255 e. The van der Waals surface area contributed by atoms with Crippen molar-refractivity contribution in [2.45, 2.75) is 84.2 Å². The number of carbonyl (C=O) groups excluding carboxylic acids is 3. The maximum absolute atomic E-state index is 13.1. The molecule has 180 valence electrons. The highest BCUT2D eigenvalue weighted by Crippen LogP contribution is 2.36. The van der Waals surface area contributed by atoms with Gasteiger partial charge in [-0.3, -0.25) is 14.4 Å². The second-order valence-electron chi connectivity index (χ2n) is 9.95.